The fraction of sp³-hybridized carbons (Fsp3) is 0.200. The Morgan fingerprint density at radius 2 is 1.78 bits per heavy atom. The molecule has 0 aliphatic rings. The van der Waals surface area contributed by atoms with Crippen LogP contribution < -0.4 is 10.5 Å². The second kappa shape index (κ2) is 5.47. The zero-order chi connectivity index (χ0) is 13.9. The predicted molar refractivity (Wildman–Crippen MR) is 59.1 cm³/mol. The Bertz CT molecular complexity index is 449. The normalized spacial score (nSPS) is 12.7. The molecular formula is C10H8F5NOS. The van der Waals surface area contributed by atoms with Gasteiger partial charge >= 0.3 is 6.18 Å². The first-order valence-electron chi connectivity index (χ1n) is 4.53. The number of hydrogen-bond donors (Lipinski definition) is 2. The van der Waals surface area contributed by atoms with E-state index in [9.17, 15) is 22.0 Å². The average Bonchev–Trinajstić information content (AvgIpc) is 2.25. The monoisotopic (exact) mass is 285 g/mol. The molecule has 0 fully saturated rings. The molecule has 0 bridgehead atoms. The molecule has 0 heterocycles. The van der Waals surface area contributed by atoms with Gasteiger partial charge in [0.1, 0.15) is 0 Å². The van der Waals surface area contributed by atoms with Crippen molar-refractivity contribution >= 4 is 18.3 Å². The van der Waals surface area contributed by atoms with Gasteiger partial charge in [0.15, 0.2) is 24.0 Å². The number of nitrogens with two attached hydrogens (primary N) is 1. The SMILES string of the molecule is N/C(=C\S)c1cc(F)c(OCC(F)(F)F)c(F)c1. The maximum atomic E-state index is 13.3. The molecule has 0 amide bonds. The minimum Gasteiger partial charge on any atom is -0.478 e. The van der Waals surface area contributed by atoms with Crippen molar-refractivity contribution < 1.29 is 26.7 Å². The van der Waals surface area contributed by atoms with Gasteiger partial charge in [-0.25, -0.2) is 8.78 Å². The quantitative estimate of drug-likeness (QED) is 0.661. The van der Waals surface area contributed by atoms with Crippen LogP contribution in [0, 0.1) is 11.6 Å². The number of benzene rings is 1. The van der Waals surface area contributed by atoms with Gasteiger partial charge in [-0.3, -0.25) is 0 Å². The number of halogens is 5. The predicted octanol–water partition coefficient (Wildman–Crippen LogP) is 3.09. The Morgan fingerprint density at radius 3 is 2.17 bits per heavy atom. The summed E-state index contributed by atoms with van der Waals surface area (Å²) in [7, 11) is 0. The molecule has 0 aromatic heterocycles. The van der Waals surface area contributed by atoms with E-state index in [1.165, 1.54) is 0 Å². The Morgan fingerprint density at radius 1 is 1.28 bits per heavy atom. The molecule has 100 valence electrons. The van der Waals surface area contributed by atoms with Gasteiger partial charge in [0.2, 0.25) is 0 Å². The molecule has 2 N–H and O–H groups in total. The summed E-state index contributed by atoms with van der Waals surface area (Å²) in [5.74, 6) is -3.64. The van der Waals surface area contributed by atoms with Crippen LogP contribution in [-0.2, 0) is 0 Å². The van der Waals surface area contributed by atoms with Crippen LogP contribution in [0.1, 0.15) is 5.56 Å². The van der Waals surface area contributed by atoms with Crippen LogP contribution in [0.5, 0.6) is 5.75 Å². The van der Waals surface area contributed by atoms with Crippen molar-refractivity contribution in [1.29, 1.82) is 0 Å². The van der Waals surface area contributed by atoms with Crippen LogP contribution in [0.3, 0.4) is 0 Å². The fourth-order valence-electron chi connectivity index (χ4n) is 1.09. The average molecular weight is 285 g/mol. The van der Waals surface area contributed by atoms with Crippen molar-refractivity contribution in [2.24, 2.45) is 5.73 Å². The van der Waals surface area contributed by atoms with Crippen LogP contribution in [0.2, 0.25) is 0 Å². The van der Waals surface area contributed by atoms with E-state index in [1.807, 2.05) is 0 Å². The van der Waals surface area contributed by atoms with Crippen LogP contribution in [-0.4, -0.2) is 12.8 Å². The minimum absolute atomic E-state index is 0.0292. The second-order valence-corrected chi connectivity index (χ2v) is 3.52. The Kier molecular flexibility index (Phi) is 4.44. The molecule has 0 spiro atoms. The summed E-state index contributed by atoms with van der Waals surface area (Å²) in [4.78, 5) is 0. The van der Waals surface area contributed by atoms with Gasteiger partial charge in [0, 0.05) is 11.3 Å². The fourth-order valence-corrected chi connectivity index (χ4v) is 1.24. The molecule has 1 aromatic carbocycles. The molecule has 0 aliphatic heterocycles. The Hall–Kier alpha value is -1.44. The third-order valence-electron chi connectivity index (χ3n) is 1.85. The van der Waals surface area contributed by atoms with Gasteiger partial charge in [0.25, 0.3) is 0 Å². The molecule has 0 radical (unpaired) electrons. The van der Waals surface area contributed by atoms with E-state index in [0.717, 1.165) is 17.5 Å². The van der Waals surface area contributed by atoms with E-state index < -0.39 is 30.2 Å². The van der Waals surface area contributed by atoms with E-state index >= 15 is 0 Å². The third-order valence-corrected chi connectivity index (χ3v) is 2.13. The number of hydrogen-bond acceptors (Lipinski definition) is 3. The second-order valence-electron chi connectivity index (χ2n) is 3.26. The van der Waals surface area contributed by atoms with E-state index in [-0.39, 0.29) is 11.3 Å². The summed E-state index contributed by atoms with van der Waals surface area (Å²) < 4.78 is 66.3. The molecule has 0 saturated carbocycles. The lowest BCUT2D eigenvalue weighted by molar-refractivity contribution is -0.154. The van der Waals surface area contributed by atoms with Crippen LogP contribution >= 0.6 is 12.6 Å². The number of ether oxygens (including phenoxy) is 1. The van der Waals surface area contributed by atoms with Gasteiger partial charge in [-0.15, -0.1) is 12.6 Å². The molecule has 0 atom stereocenters. The van der Waals surface area contributed by atoms with Crippen LogP contribution in [0.25, 0.3) is 5.70 Å². The van der Waals surface area contributed by atoms with Gasteiger partial charge in [0.05, 0.1) is 0 Å². The maximum Gasteiger partial charge on any atom is 0.422 e. The van der Waals surface area contributed by atoms with Crippen molar-refractivity contribution in [3.63, 3.8) is 0 Å². The molecule has 0 saturated heterocycles. The molecule has 1 rings (SSSR count). The first-order chi connectivity index (χ1) is 8.24. The summed E-state index contributed by atoms with van der Waals surface area (Å²) in [6.45, 7) is -1.78. The number of alkyl halides is 3. The molecule has 1 aromatic rings. The highest BCUT2D eigenvalue weighted by Crippen LogP contribution is 2.27. The minimum atomic E-state index is -4.68. The molecule has 8 heteroatoms. The van der Waals surface area contributed by atoms with E-state index in [2.05, 4.69) is 17.4 Å². The first-order valence-corrected chi connectivity index (χ1v) is 5.05. The number of thiol groups is 1. The smallest absolute Gasteiger partial charge is 0.422 e. The summed E-state index contributed by atoms with van der Waals surface area (Å²) in [6.07, 6.45) is -4.68. The lowest BCUT2D eigenvalue weighted by Gasteiger charge is -2.11. The lowest BCUT2D eigenvalue weighted by Crippen LogP contribution is -2.20. The van der Waals surface area contributed by atoms with Crippen molar-refractivity contribution in [2.45, 2.75) is 6.18 Å². The summed E-state index contributed by atoms with van der Waals surface area (Å²) in [6, 6.07) is 1.52. The topological polar surface area (TPSA) is 35.2 Å². The highest BCUT2D eigenvalue weighted by Gasteiger charge is 2.29. The maximum absolute atomic E-state index is 13.3. The van der Waals surface area contributed by atoms with Crippen LogP contribution in [0.15, 0.2) is 17.5 Å². The summed E-state index contributed by atoms with van der Waals surface area (Å²) in [5, 5.41) is 1.10. The van der Waals surface area contributed by atoms with Crippen molar-refractivity contribution in [3.8, 4) is 5.75 Å². The van der Waals surface area contributed by atoms with Crippen molar-refractivity contribution in [2.75, 3.05) is 6.61 Å². The molecule has 0 aliphatic carbocycles. The van der Waals surface area contributed by atoms with Gasteiger partial charge in [-0.1, -0.05) is 0 Å². The van der Waals surface area contributed by atoms with E-state index in [1.54, 1.807) is 0 Å². The van der Waals surface area contributed by atoms with Crippen LogP contribution in [0.4, 0.5) is 22.0 Å². The third kappa shape index (κ3) is 3.80. The zero-order valence-electron chi connectivity index (χ0n) is 8.76. The summed E-state index contributed by atoms with van der Waals surface area (Å²) in [5.41, 5.74) is 5.28. The first kappa shape index (κ1) is 14.6. The Balaban J connectivity index is 3.02. The molecule has 2 nitrogen and oxygen atoms in total. The van der Waals surface area contributed by atoms with Gasteiger partial charge < -0.3 is 10.5 Å². The highest BCUT2D eigenvalue weighted by atomic mass is 32.1. The van der Waals surface area contributed by atoms with Gasteiger partial charge in [-0.05, 0) is 17.5 Å². The lowest BCUT2D eigenvalue weighted by atomic mass is 10.1. The van der Waals surface area contributed by atoms with Crippen molar-refractivity contribution in [1.82, 2.24) is 0 Å². The molecular weight excluding hydrogens is 277 g/mol. The van der Waals surface area contributed by atoms with E-state index in [4.69, 9.17) is 5.73 Å². The standard InChI is InChI=1S/C10H8F5NOS/c11-6-1-5(8(16)3-18)2-7(12)9(6)17-4-10(13,14)15/h1-3,18H,4,16H2/b8-3-. The van der Waals surface area contributed by atoms with Crippen molar-refractivity contribution in [3.05, 3.63) is 34.7 Å². The zero-order valence-corrected chi connectivity index (χ0v) is 9.66. The van der Waals surface area contributed by atoms with E-state index in [0.29, 0.717) is 0 Å². The van der Waals surface area contributed by atoms with Gasteiger partial charge in [-0.2, -0.15) is 13.2 Å². The molecule has 18 heavy (non-hydrogen) atoms. The highest BCUT2D eigenvalue weighted by molar-refractivity contribution is 7.83. The molecule has 0 unspecified atom stereocenters. The summed E-state index contributed by atoms with van der Waals surface area (Å²) >= 11 is 3.69. The Labute approximate surface area is 105 Å². The number of rotatable bonds is 3. The largest absolute Gasteiger partial charge is 0.478 e.